The van der Waals surface area contributed by atoms with E-state index in [4.69, 9.17) is 11.6 Å². The van der Waals surface area contributed by atoms with Gasteiger partial charge in [0.25, 0.3) is 5.56 Å². The lowest BCUT2D eigenvalue weighted by Crippen LogP contribution is -2.37. The van der Waals surface area contributed by atoms with Gasteiger partial charge in [0.2, 0.25) is 5.91 Å². The number of nitrogens with one attached hydrogen (secondary N) is 3. The van der Waals surface area contributed by atoms with Crippen LogP contribution >= 0.6 is 11.6 Å². The Hall–Kier alpha value is -2.38. The second-order valence-corrected chi connectivity index (χ2v) is 7.57. The van der Waals surface area contributed by atoms with E-state index < -0.39 is 11.2 Å². The monoisotopic (exact) mass is 404 g/mol. The van der Waals surface area contributed by atoms with Crippen molar-refractivity contribution in [2.45, 2.75) is 38.6 Å². The molecule has 0 aliphatic carbocycles. The Morgan fingerprint density at radius 3 is 2.68 bits per heavy atom. The van der Waals surface area contributed by atoms with E-state index in [-0.39, 0.29) is 24.8 Å². The van der Waals surface area contributed by atoms with E-state index in [1.807, 2.05) is 24.3 Å². The molecule has 1 aliphatic rings. The highest BCUT2D eigenvalue weighted by Gasteiger charge is 2.24. The van der Waals surface area contributed by atoms with Crippen LogP contribution in [0.4, 0.5) is 0 Å². The smallest absolute Gasteiger partial charge is 0.325 e. The van der Waals surface area contributed by atoms with Crippen molar-refractivity contribution in [2.75, 3.05) is 19.6 Å². The van der Waals surface area contributed by atoms with Crippen LogP contribution in [0.15, 0.2) is 33.9 Å². The number of aromatic amines is 2. The maximum absolute atomic E-state index is 12.4. The second kappa shape index (κ2) is 9.21. The molecule has 1 saturated heterocycles. The molecule has 1 amide bonds. The van der Waals surface area contributed by atoms with Crippen LogP contribution in [-0.4, -0.2) is 40.4 Å². The third-order valence-electron chi connectivity index (χ3n) is 5.16. The second-order valence-electron chi connectivity index (χ2n) is 7.13. The maximum Gasteiger partial charge on any atom is 0.325 e. The Kier molecular flexibility index (Phi) is 6.70. The van der Waals surface area contributed by atoms with Crippen LogP contribution in [0.5, 0.6) is 0 Å². The third kappa shape index (κ3) is 5.11. The summed E-state index contributed by atoms with van der Waals surface area (Å²) in [5, 5.41) is 3.67. The normalized spacial score (nSPS) is 15.5. The van der Waals surface area contributed by atoms with Crippen LogP contribution in [0.3, 0.4) is 0 Å². The molecule has 150 valence electrons. The Morgan fingerprint density at radius 1 is 1.25 bits per heavy atom. The summed E-state index contributed by atoms with van der Waals surface area (Å²) in [7, 11) is 0. The van der Waals surface area contributed by atoms with Crippen LogP contribution < -0.4 is 16.6 Å². The first-order valence-corrected chi connectivity index (χ1v) is 9.90. The average molecular weight is 405 g/mol. The van der Waals surface area contributed by atoms with Gasteiger partial charge in [-0.3, -0.25) is 19.5 Å². The van der Waals surface area contributed by atoms with Gasteiger partial charge in [0.15, 0.2) is 0 Å². The van der Waals surface area contributed by atoms with Gasteiger partial charge in [-0.25, -0.2) is 4.79 Å². The van der Waals surface area contributed by atoms with E-state index in [1.54, 1.807) is 6.92 Å². The number of benzene rings is 1. The Labute approximate surface area is 168 Å². The number of likely N-dealkylation sites (tertiary alicyclic amines) is 1. The van der Waals surface area contributed by atoms with Crippen molar-refractivity contribution < 1.29 is 4.79 Å². The fourth-order valence-electron chi connectivity index (χ4n) is 3.69. The third-order valence-corrected chi connectivity index (χ3v) is 5.40. The number of rotatable bonds is 7. The van der Waals surface area contributed by atoms with Crippen molar-refractivity contribution in [1.82, 2.24) is 20.2 Å². The number of nitrogens with zero attached hydrogens (tertiary/aromatic N) is 1. The number of hydrogen-bond donors (Lipinski definition) is 3. The van der Waals surface area contributed by atoms with Crippen molar-refractivity contribution in [2.24, 2.45) is 0 Å². The number of H-pyrrole nitrogens is 2. The van der Waals surface area contributed by atoms with Crippen molar-refractivity contribution in [3.63, 3.8) is 0 Å². The zero-order valence-electron chi connectivity index (χ0n) is 15.9. The Balaban J connectivity index is 1.62. The summed E-state index contributed by atoms with van der Waals surface area (Å²) in [5.41, 5.74) is 1.03. The Bertz CT molecular complexity index is 947. The molecular formula is C20H25ClN4O3. The van der Waals surface area contributed by atoms with Gasteiger partial charge in [-0.15, -0.1) is 0 Å². The minimum absolute atomic E-state index is 0.0726. The van der Waals surface area contributed by atoms with Crippen molar-refractivity contribution in [3.8, 4) is 0 Å². The fraction of sp³-hybridized carbons (Fsp3) is 0.450. The molecule has 2 aromatic rings. The first kappa shape index (κ1) is 20.4. The average Bonchev–Trinajstić information content (AvgIpc) is 3.15. The number of carbonyl (C=O) groups excluding carboxylic acids is 1. The van der Waals surface area contributed by atoms with Gasteiger partial charge >= 0.3 is 5.69 Å². The van der Waals surface area contributed by atoms with Gasteiger partial charge in [-0.1, -0.05) is 23.7 Å². The number of carbonyl (C=O) groups is 1. The quantitative estimate of drug-likeness (QED) is 0.656. The topological polar surface area (TPSA) is 98.1 Å². The molecule has 1 aliphatic heterocycles. The molecule has 0 saturated carbocycles. The molecule has 1 atom stereocenters. The van der Waals surface area contributed by atoms with Crippen molar-refractivity contribution in [1.29, 1.82) is 0 Å². The van der Waals surface area contributed by atoms with E-state index in [2.05, 4.69) is 20.2 Å². The minimum Gasteiger partial charge on any atom is -0.354 e. The molecule has 1 aromatic heterocycles. The minimum atomic E-state index is -0.536. The molecule has 8 heteroatoms. The summed E-state index contributed by atoms with van der Waals surface area (Å²) in [4.78, 5) is 42.7. The lowest BCUT2D eigenvalue weighted by molar-refractivity contribution is -0.121. The first-order valence-electron chi connectivity index (χ1n) is 9.52. The molecule has 1 unspecified atom stereocenters. The molecule has 0 radical (unpaired) electrons. The lowest BCUT2D eigenvalue weighted by Gasteiger charge is -2.28. The largest absolute Gasteiger partial charge is 0.354 e. The lowest BCUT2D eigenvalue weighted by atomic mass is 10.1. The van der Waals surface area contributed by atoms with Gasteiger partial charge < -0.3 is 10.3 Å². The van der Waals surface area contributed by atoms with E-state index in [0.29, 0.717) is 22.8 Å². The van der Waals surface area contributed by atoms with E-state index in [1.165, 1.54) is 0 Å². The van der Waals surface area contributed by atoms with Gasteiger partial charge in [0, 0.05) is 29.2 Å². The summed E-state index contributed by atoms with van der Waals surface area (Å²) in [5.74, 6) is -0.128. The first-order chi connectivity index (χ1) is 13.4. The zero-order valence-corrected chi connectivity index (χ0v) is 16.6. The van der Waals surface area contributed by atoms with E-state index >= 15 is 0 Å². The highest BCUT2D eigenvalue weighted by Crippen LogP contribution is 2.26. The molecule has 3 rings (SSSR count). The van der Waals surface area contributed by atoms with Crippen LogP contribution in [0, 0.1) is 6.92 Å². The highest BCUT2D eigenvalue weighted by molar-refractivity contribution is 6.30. The molecule has 28 heavy (non-hydrogen) atoms. The summed E-state index contributed by atoms with van der Waals surface area (Å²) in [6.07, 6.45) is 2.76. The van der Waals surface area contributed by atoms with Crippen LogP contribution in [0.25, 0.3) is 0 Å². The molecule has 0 bridgehead atoms. The molecule has 3 N–H and O–H groups in total. The van der Waals surface area contributed by atoms with Crippen LogP contribution in [0.2, 0.25) is 5.02 Å². The predicted molar refractivity (Wildman–Crippen MR) is 109 cm³/mol. The summed E-state index contributed by atoms with van der Waals surface area (Å²) in [6, 6.07) is 7.82. The van der Waals surface area contributed by atoms with Crippen LogP contribution in [-0.2, 0) is 11.2 Å². The molecule has 2 heterocycles. The van der Waals surface area contributed by atoms with E-state index in [0.717, 1.165) is 31.5 Å². The highest BCUT2D eigenvalue weighted by atomic mass is 35.5. The van der Waals surface area contributed by atoms with Gasteiger partial charge in [-0.2, -0.15) is 0 Å². The van der Waals surface area contributed by atoms with Gasteiger partial charge in [0.05, 0.1) is 6.04 Å². The number of aryl methyl sites for hydroxylation is 1. The standard InChI is InChI=1S/C20H25ClN4O3/c1-13-16(19(27)24-20(28)23-13)7-8-18(26)22-12-17(25-9-2-3-10-25)14-5-4-6-15(21)11-14/h4-6,11,17H,2-3,7-10,12H2,1H3,(H,22,26)(H2,23,24,27,28). The zero-order chi connectivity index (χ0) is 20.1. The number of aromatic nitrogens is 2. The van der Waals surface area contributed by atoms with Crippen molar-refractivity contribution >= 4 is 17.5 Å². The van der Waals surface area contributed by atoms with Crippen molar-refractivity contribution in [3.05, 3.63) is 66.9 Å². The summed E-state index contributed by atoms with van der Waals surface area (Å²) < 4.78 is 0. The Morgan fingerprint density at radius 2 is 2.00 bits per heavy atom. The molecule has 7 nitrogen and oxygen atoms in total. The molecule has 0 spiro atoms. The number of hydrogen-bond acceptors (Lipinski definition) is 4. The number of halogens is 1. The van der Waals surface area contributed by atoms with Gasteiger partial charge in [0.1, 0.15) is 0 Å². The summed E-state index contributed by atoms with van der Waals surface area (Å²) in [6.45, 7) is 4.14. The maximum atomic E-state index is 12.4. The van der Waals surface area contributed by atoms with Crippen LogP contribution in [0.1, 0.15) is 42.1 Å². The molecular weight excluding hydrogens is 380 g/mol. The number of amides is 1. The SMILES string of the molecule is Cc1[nH]c(=O)[nH]c(=O)c1CCC(=O)NCC(c1cccc(Cl)c1)N1CCCC1. The summed E-state index contributed by atoms with van der Waals surface area (Å²) >= 11 is 6.15. The molecule has 1 aromatic carbocycles. The predicted octanol–water partition coefficient (Wildman–Crippen LogP) is 1.91. The van der Waals surface area contributed by atoms with E-state index in [9.17, 15) is 14.4 Å². The van der Waals surface area contributed by atoms with Gasteiger partial charge in [-0.05, 0) is 57.0 Å². The molecule has 1 fully saturated rings. The fourth-order valence-corrected chi connectivity index (χ4v) is 3.89.